The van der Waals surface area contributed by atoms with E-state index in [1.54, 1.807) is 11.1 Å². The van der Waals surface area contributed by atoms with E-state index in [1.807, 2.05) is 0 Å². The number of likely N-dealkylation sites (tertiary alicyclic amines) is 1. The average Bonchev–Trinajstić information content (AvgIpc) is 3.10. The highest BCUT2D eigenvalue weighted by molar-refractivity contribution is 5.92. The van der Waals surface area contributed by atoms with E-state index in [-0.39, 0.29) is 24.0 Å². The van der Waals surface area contributed by atoms with Crippen LogP contribution in [0.5, 0.6) is 0 Å². The molecule has 7 nitrogen and oxygen atoms in total. The molecule has 3 rings (SSSR count). The lowest BCUT2D eigenvalue weighted by molar-refractivity contribution is -0.131. The van der Waals surface area contributed by atoms with Gasteiger partial charge in [0.2, 0.25) is 5.91 Å². The van der Waals surface area contributed by atoms with Gasteiger partial charge in [-0.25, -0.2) is 4.98 Å². The average molecular weight is 304 g/mol. The second kappa shape index (κ2) is 6.83. The Kier molecular flexibility index (Phi) is 4.62. The molecule has 0 bridgehead atoms. The topological polar surface area (TPSA) is 84.4 Å². The molecule has 1 atom stereocenters. The van der Waals surface area contributed by atoms with Gasteiger partial charge in [-0.2, -0.15) is 0 Å². The minimum absolute atomic E-state index is 0.0174. The predicted molar refractivity (Wildman–Crippen MR) is 78.1 cm³/mol. The summed E-state index contributed by atoms with van der Waals surface area (Å²) in [5.41, 5.74) is 0.365. The Morgan fingerprint density at radius 3 is 2.68 bits per heavy atom. The van der Waals surface area contributed by atoms with Gasteiger partial charge in [-0.3, -0.25) is 14.6 Å². The van der Waals surface area contributed by atoms with Crippen molar-refractivity contribution in [3.05, 3.63) is 24.3 Å². The Bertz CT molecular complexity index is 523. The number of carbonyl (C=O) groups excluding carboxylic acids is 2. The molecule has 1 N–H and O–H groups in total. The van der Waals surface area contributed by atoms with Crippen LogP contribution in [0.1, 0.15) is 36.2 Å². The fraction of sp³-hybridized carbons (Fsp3) is 0.600. The Hall–Kier alpha value is -2.02. The SMILES string of the molecule is O=C(NC1CCN(C(=O)c2cnccn2)CC1)C1CCCO1. The quantitative estimate of drug-likeness (QED) is 0.872. The van der Waals surface area contributed by atoms with Crippen LogP contribution in [0.15, 0.2) is 18.6 Å². The van der Waals surface area contributed by atoms with Gasteiger partial charge in [0, 0.05) is 38.1 Å². The monoisotopic (exact) mass is 304 g/mol. The van der Waals surface area contributed by atoms with Crippen LogP contribution in [-0.2, 0) is 9.53 Å². The molecule has 7 heteroatoms. The van der Waals surface area contributed by atoms with Gasteiger partial charge in [0.1, 0.15) is 11.8 Å². The maximum absolute atomic E-state index is 12.3. The minimum Gasteiger partial charge on any atom is -0.368 e. The summed E-state index contributed by atoms with van der Waals surface area (Å²) in [5.74, 6) is -0.117. The van der Waals surface area contributed by atoms with Crippen molar-refractivity contribution in [3.8, 4) is 0 Å². The lowest BCUT2D eigenvalue weighted by atomic mass is 10.0. The molecule has 2 aliphatic rings. The van der Waals surface area contributed by atoms with Crippen LogP contribution in [0.3, 0.4) is 0 Å². The van der Waals surface area contributed by atoms with E-state index in [0.29, 0.717) is 25.4 Å². The molecule has 0 aromatic carbocycles. The molecule has 0 spiro atoms. The first kappa shape index (κ1) is 14.9. The zero-order valence-electron chi connectivity index (χ0n) is 12.4. The number of rotatable bonds is 3. The number of nitrogens with one attached hydrogen (secondary N) is 1. The molecule has 0 saturated carbocycles. The molecule has 0 aliphatic carbocycles. The summed E-state index contributed by atoms with van der Waals surface area (Å²) in [4.78, 5) is 34.0. The van der Waals surface area contributed by atoms with Crippen molar-refractivity contribution in [2.45, 2.75) is 37.8 Å². The van der Waals surface area contributed by atoms with Gasteiger partial charge in [0.05, 0.1) is 6.20 Å². The molecule has 3 heterocycles. The van der Waals surface area contributed by atoms with Crippen molar-refractivity contribution < 1.29 is 14.3 Å². The Morgan fingerprint density at radius 1 is 1.23 bits per heavy atom. The second-order valence-electron chi connectivity index (χ2n) is 5.67. The summed E-state index contributed by atoms with van der Waals surface area (Å²) in [6, 6.07) is 0.114. The molecule has 2 amide bonds. The number of piperidine rings is 1. The number of carbonyl (C=O) groups is 2. The molecule has 118 valence electrons. The number of hydrogen-bond donors (Lipinski definition) is 1. The third-order valence-corrected chi connectivity index (χ3v) is 4.13. The van der Waals surface area contributed by atoms with Crippen LogP contribution in [0.25, 0.3) is 0 Å². The Labute approximate surface area is 129 Å². The number of nitrogens with zero attached hydrogens (tertiary/aromatic N) is 3. The first-order valence-corrected chi connectivity index (χ1v) is 7.71. The molecule has 22 heavy (non-hydrogen) atoms. The van der Waals surface area contributed by atoms with Crippen molar-refractivity contribution in [2.75, 3.05) is 19.7 Å². The number of hydrogen-bond acceptors (Lipinski definition) is 5. The number of aromatic nitrogens is 2. The van der Waals surface area contributed by atoms with E-state index in [2.05, 4.69) is 15.3 Å². The van der Waals surface area contributed by atoms with E-state index in [0.717, 1.165) is 25.7 Å². The number of amides is 2. The van der Waals surface area contributed by atoms with Gasteiger partial charge < -0.3 is 15.0 Å². The van der Waals surface area contributed by atoms with Crippen LogP contribution in [0.2, 0.25) is 0 Å². The summed E-state index contributed by atoms with van der Waals surface area (Å²) in [6.45, 7) is 1.90. The molecular formula is C15H20N4O3. The fourth-order valence-corrected chi connectivity index (χ4v) is 2.88. The van der Waals surface area contributed by atoms with E-state index in [1.165, 1.54) is 12.4 Å². The highest BCUT2D eigenvalue weighted by Gasteiger charge is 2.29. The molecule has 0 radical (unpaired) electrons. The molecule has 2 aliphatic heterocycles. The lowest BCUT2D eigenvalue weighted by Gasteiger charge is -2.32. The maximum atomic E-state index is 12.3. The Morgan fingerprint density at radius 2 is 2.05 bits per heavy atom. The van der Waals surface area contributed by atoms with Crippen LogP contribution in [0.4, 0.5) is 0 Å². The van der Waals surface area contributed by atoms with Crippen molar-refractivity contribution in [1.29, 1.82) is 0 Å². The summed E-state index contributed by atoms with van der Waals surface area (Å²) >= 11 is 0. The van der Waals surface area contributed by atoms with Gasteiger partial charge in [-0.1, -0.05) is 0 Å². The first-order valence-electron chi connectivity index (χ1n) is 7.71. The van der Waals surface area contributed by atoms with Crippen molar-refractivity contribution in [1.82, 2.24) is 20.2 Å². The van der Waals surface area contributed by atoms with Crippen molar-refractivity contribution >= 4 is 11.8 Å². The van der Waals surface area contributed by atoms with Crippen LogP contribution < -0.4 is 5.32 Å². The Balaban J connectivity index is 1.48. The summed E-state index contributed by atoms with van der Waals surface area (Å²) in [7, 11) is 0. The highest BCUT2D eigenvalue weighted by Crippen LogP contribution is 2.16. The van der Waals surface area contributed by atoms with Crippen LogP contribution in [-0.4, -0.2) is 58.5 Å². The first-order chi connectivity index (χ1) is 10.7. The van der Waals surface area contributed by atoms with E-state index in [4.69, 9.17) is 4.74 Å². The molecule has 1 aromatic rings. The van der Waals surface area contributed by atoms with E-state index < -0.39 is 0 Å². The third kappa shape index (κ3) is 3.41. The zero-order chi connectivity index (χ0) is 15.4. The van der Waals surface area contributed by atoms with Crippen LogP contribution in [0, 0.1) is 0 Å². The molecule has 1 unspecified atom stereocenters. The molecule has 2 saturated heterocycles. The number of ether oxygens (including phenoxy) is 1. The van der Waals surface area contributed by atoms with Crippen LogP contribution >= 0.6 is 0 Å². The van der Waals surface area contributed by atoms with Gasteiger partial charge in [0.15, 0.2) is 0 Å². The zero-order valence-corrected chi connectivity index (χ0v) is 12.4. The minimum atomic E-state index is -0.292. The van der Waals surface area contributed by atoms with Gasteiger partial charge in [-0.05, 0) is 25.7 Å². The smallest absolute Gasteiger partial charge is 0.274 e. The third-order valence-electron chi connectivity index (χ3n) is 4.13. The summed E-state index contributed by atoms with van der Waals surface area (Å²) < 4.78 is 5.38. The second-order valence-corrected chi connectivity index (χ2v) is 5.67. The predicted octanol–water partition coefficient (Wildman–Crippen LogP) is 0.376. The standard InChI is InChI=1S/C15H20N4O3/c20-14(13-2-1-9-22-13)18-11-3-7-19(8-4-11)15(21)12-10-16-5-6-17-12/h5-6,10-11,13H,1-4,7-9H2,(H,18,20). The van der Waals surface area contributed by atoms with Gasteiger partial charge in [-0.15, -0.1) is 0 Å². The highest BCUT2D eigenvalue weighted by atomic mass is 16.5. The summed E-state index contributed by atoms with van der Waals surface area (Å²) in [6.07, 6.45) is 7.51. The van der Waals surface area contributed by atoms with Crippen molar-refractivity contribution in [3.63, 3.8) is 0 Å². The summed E-state index contributed by atoms with van der Waals surface area (Å²) in [5, 5.41) is 3.03. The molecular weight excluding hydrogens is 284 g/mol. The van der Waals surface area contributed by atoms with E-state index >= 15 is 0 Å². The molecule has 1 aromatic heterocycles. The largest absolute Gasteiger partial charge is 0.368 e. The van der Waals surface area contributed by atoms with Gasteiger partial charge >= 0.3 is 0 Å². The normalized spacial score (nSPS) is 22.5. The van der Waals surface area contributed by atoms with Crippen molar-refractivity contribution in [2.24, 2.45) is 0 Å². The van der Waals surface area contributed by atoms with E-state index in [9.17, 15) is 9.59 Å². The fourth-order valence-electron chi connectivity index (χ4n) is 2.88. The maximum Gasteiger partial charge on any atom is 0.274 e. The van der Waals surface area contributed by atoms with Gasteiger partial charge in [0.25, 0.3) is 5.91 Å². The lowest BCUT2D eigenvalue weighted by Crippen LogP contribution is -2.48. The molecule has 2 fully saturated rings.